The quantitative estimate of drug-likeness (QED) is 0.0162. The zero-order chi connectivity index (χ0) is 98.8. The van der Waals surface area contributed by atoms with Crippen LogP contribution in [0.5, 0.6) is 5.75 Å². The summed E-state index contributed by atoms with van der Waals surface area (Å²) < 4.78 is 5.75. The van der Waals surface area contributed by atoms with E-state index in [0.29, 0.717) is 44.3 Å². The molecule has 8 rings (SSSR count). The van der Waals surface area contributed by atoms with Gasteiger partial charge in [0, 0.05) is 81.3 Å². The minimum Gasteiger partial charge on any atom is -0.492 e. The normalized spacial score (nSPS) is 18.3. The molecule has 0 radical (unpaired) electrons. The Kier molecular flexibility index (Phi) is 40.2. The monoisotopic (exact) mass is 1890 g/mol. The number of aliphatic hydroxyl groups is 1. The molecule has 0 unspecified atom stereocenters. The Balaban J connectivity index is 1.23. The van der Waals surface area contributed by atoms with E-state index in [1.54, 1.807) is 91.0 Å². The van der Waals surface area contributed by atoms with E-state index in [4.69, 9.17) is 44.9 Å². The van der Waals surface area contributed by atoms with Crippen LogP contribution in [0, 0.1) is 0 Å². The smallest absolute Gasteiger partial charge is 0.303 e. The zero-order valence-corrected chi connectivity index (χ0v) is 75.5. The number of primary amides is 5. The molecule has 30 N–H and O–H groups in total. The highest BCUT2D eigenvalue weighted by molar-refractivity contribution is 7.99. The molecule has 2 heterocycles. The molecule has 43 nitrogen and oxygen atoms in total. The van der Waals surface area contributed by atoms with E-state index < -0.39 is 273 Å². The summed E-state index contributed by atoms with van der Waals surface area (Å²) in [5.41, 5.74) is 39.2. The van der Waals surface area contributed by atoms with Gasteiger partial charge in [0.1, 0.15) is 90.4 Å². The number of hydrogen-bond donors (Lipinski definition) is 23. The van der Waals surface area contributed by atoms with Gasteiger partial charge in [0.2, 0.25) is 106 Å². The van der Waals surface area contributed by atoms with Gasteiger partial charge in [-0.2, -0.15) is 11.8 Å². The third-order valence-corrected chi connectivity index (χ3v) is 23.2. The first-order valence-corrected chi connectivity index (χ1v) is 44.8. The summed E-state index contributed by atoms with van der Waals surface area (Å²) in [5, 5.41) is 57.9. The van der Waals surface area contributed by atoms with Crippen molar-refractivity contribution in [1.29, 1.82) is 0 Å². The predicted octanol–water partition coefficient (Wildman–Crippen LogP) is -3.93. The number of carbonyl (C=O) groups excluding carboxylic acids is 18. The van der Waals surface area contributed by atoms with Gasteiger partial charge in [-0.3, -0.25) is 91.1 Å². The molecule has 0 aliphatic carbocycles. The Morgan fingerprint density at radius 2 is 1.03 bits per heavy atom. The first-order chi connectivity index (χ1) is 64.2. The summed E-state index contributed by atoms with van der Waals surface area (Å²) in [4.78, 5) is 272. The Labute approximate surface area is 779 Å². The van der Waals surface area contributed by atoms with Crippen LogP contribution in [0.1, 0.15) is 120 Å². The van der Waals surface area contributed by atoms with Gasteiger partial charge < -0.3 is 129 Å². The van der Waals surface area contributed by atoms with E-state index in [9.17, 15) is 67.7 Å². The Morgan fingerprint density at radius 3 is 1.60 bits per heavy atom. The number of rotatable bonds is 45. The van der Waals surface area contributed by atoms with Gasteiger partial charge in [-0.05, 0) is 133 Å². The third kappa shape index (κ3) is 33.2. The van der Waals surface area contributed by atoms with Crippen LogP contribution in [0.15, 0.2) is 140 Å². The number of thioether (sulfide) groups is 1. The van der Waals surface area contributed by atoms with E-state index in [1.165, 1.54) is 37.4 Å². The Hall–Kier alpha value is -14.7. The highest BCUT2D eigenvalue weighted by Crippen LogP contribution is 2.25. The first kappa shape index (κ1) is 106. The summed E-state index contributed by atoms with van der Waals surface area (Å²) in [6.45, 7) is 3.76. The van der Waals surface area contributed by atoms with E-state index in [2.05, 4.69) is 74.1 Å². The second kappa shape index (κ2) is 51.4. The number of H-pyrrole nitrogens is 1. The van der Waals surface area contributed by atoms with Crippen LogP contribution in [0.25, 0.3) is 32.4 Å². The van der Waals surface area contributed by atoms with Crippen molar-refractivity contribution < 1.29 is 106 Å². The number of carbonyl (C=O) groups is 19. The lowest BCUT2D eigenvalue weighted by Crippen LogP contribution is -2.64. The summed E-state index contributed by atoms with van der Waals surface area (Å²) in [6, 6.07) is 16.2. The average Bonchev–Trinajstić information content (AvgIpc) is 1.59. The number of amides is 18. The van der Waals surface area contributed by atoms with Crippen LogP contribution in [0.2, 0.25) is 0 Å². The Morgan fingerprint density at radius 1 is 0.519 bits per heavy atom. The van der Waals surface area contributed by atoms with E-state index in [1.807, 2.05) is 18.2 Å². The molecule has 18 amide bonds. The SMILES string of the molecule is CC(=O)N[C@@H](Cc1ccc2ccccc2c1)C(=O)N[C@H]1CCSC[C@@H](C(=O)N[C@@H](Cc2ccc(OCCN)cc2)C(=O)N[C@@H](Cc2ccc3ccccc3c2)C(=O)N[C@@](C)(CCCCN)C(=O)N[C@@H](CCC(=O)O)C(=O)N[C@@H](CC(N)=O)C(=O)N[C@@H](CC(N)=O)C(N)=O)NC(=O)[C@H](CCC(N)=O)NC(=O)[C@H](Cc2c[nH]c3ccccc23)NC(=O)[C@H]([C@@H](C)O)NC(=O)[C@H](CCC(N)=O)NC1=O. The van der Waals surface area contributed by atoms with E-state index >= 15 is 33.6 Å². The molecule has 44 heteroatoms. The summed E-state index contributed by atoms with van der Waals surface area (Å²) in [6.07, 6.45) is -7.78. The van der Waals surface area contributed by atoms with Crippen molar-refractivity contribution in [3.63, 3.8) is 0 Å². The minimum absolute atomic E-state index is 0.0442. The fourth-order valence-corrected chi connectivity index (χ4v) is 15.9. The summed E-state index contributed by atoms with van der Waals surface area (Å²) in [7, 11) is 0. The number of aromatic nitrogens is 1. The van der Waals surface area contributed by atoms with Crippen LogP contribution in [0.4, 0.5) is 0 Å². The van der Waals surface area contributed by atoms with E-state index in [-0.39, 0.29) is 57.6 Å². The molecular formula is C91H117N21O22S. The number of carboxylic acids is 1. The standard InChI is InChI=1S/C91H117N21O22S/c1-48(113)77-89(132)108-69(43-57-46-99-60-17-9-8-16-59(57)60)85(128)102-61(26-29-72(94)115)79(122)109-71(47-135-37-32-64(81(124)101-62(82(125)111-77)27-30-73(95)116)103-83(126)66(100-49(2)114)41-51-18-22-53-12-4-6-14-55(53)38-51)87(130)105-67(40-50-20-24-58(25-21-50)134-36-35-93)84(127)106-68(42-52-19-23-54-13-5-7-15-56(54)39-52)88(131)112-91(3,33-10-11-34-92)90(133)110-63(28-31-76(119)120)80(123)107-70(45-75(97)118)86(129)104-65(78(98)121)44-74(96)117/h4-9,12-25,38-39,46,48,61-71,77,99,113H,10-11,26-37,40-45,47,92-93H2,1-3H3,(H2,94,115)(H2,95,116)(H2,96,117)(H2,97,118)(H2,98,121)(H,100,114)(H,101,124)(H,102,128)(H,103,126)(H,104,129)(H,105,130)(H,106,127)(H,107,123)(H,108,132)(H,109,122)(H,110,133)(H,111,125)(H,112,131)(H,119,120)/t48-,61+,62+,63+,64+,65+,66+,67+,68+,69+,70+,71+,77+,91+/m1/s1. The maximum absolute atomic E-state index is 16.0. The average molecular weight is 1890 g/mol. The zero-order valence-electron chi connectivity index (χ0n) is 74.6. The van der Waals surface area contributed by atoms with Crippen LogP contribution < -0.4 is 114 Å². The number of carboxylic acid groups (broad SMARTS) is 1. The number of fused-ring (bicyclic) bond motifs is 3. The molecule has 135 heavy (non-hydrogen) atoms. The number of benzene rings is 6. The number of hydrogen-bond acceptors (Lipinski definition) is 24. The number of aliphatic carboxylic acids is 1. The fourth-order valence-electron chi connectivity index (χ4n) is 14.9. The van der Waals surface area contributed by atoms with Gasteiger partial charge in [0.05, 0.1) is 18.9 Å². The van der Waals surface area contributed by atoms with Crippen molar-refractivity contribution in [2.75, 3.05) is 31.2 Å². The molecule has 6 aromatic carbocycles. The maximum atomic E-state index is 16.0. The summed E-state index contributed by atoms with van der Waals surface area (Å²) in [5.74, 6) is -22.0. The molecule has 1 fully saturated rings. The predicted molar refractivity (Wildman–Crippen MR) is 494 cm³/mol. The van der Waals surface area contributed by atoms with Crippen LogP contribution >= 0.6 is 11.8 Å². The second-order valence-corrected chi connectivity index (χ2v) is 34.1. The molecule has 0 bridgehead atoms. The van der Waals surface area contributed by atoms with Crippen molar-refractivity contribution >= 4 is 157 Å². The van der Waals surface area contributed by atoms with Crippen molar-refractivity contribution in [2.24, 2.45) is 40.1 Å². The number of aromatic amines is 1. The van der Waals surface area contributed by atoms with Crippen LogP contribution in [0.3, 0.4) is 0 Å². The largest absolute Gasteiger partial charge is 0.492 e. The molecule has 0 saturated carbocycles. The first-order valence-electron chi connectivity index (χ1n) is 43.7. The molecule has 724 valence electrons. The third-order valence-electron chi connectivity index (χ3n) is 22.1. The topological polar surface area (TPSA) is 728 Å². The van der Waals surface area contributed by atoms with Crippen LogP contribution in [-0.2, 0) is 117 Å². The molecule has 1 aromatic heterocycles. The minimum atomic E-state index is -2.18. The van der Waals surface area contributed by atoms with Crippen molar-refractivity contribution in [2.45, 2.75) is 208 Å². The van der Waals surface area contributed by atoms with E-state index in [0.717, 1.165) is 41.8 Å². The van der Waals surface area contributed by atoms with Crippen molar-refractivity contribution in [1.82, 2.24) is 74.1 Å². The van der Waals surface area contributed by atoms with Gasteiger partial charge in [-0.1, -0.05) is 115 Å². The number of para-hydroxylation sites is 1. The molecular weight excluding hydrogens is 1770 g/mol. The number of nitrogens with one attached hydrogen (secondary N) is 14. The lowest BCUT2D eigenvalue weighted by molar-refractivity contribution is -0.140. The van der Waals surface area contributed by atoms with Crippen molar-refractivity contribution in [3.8, 4) is 5.75 Å². The number of nitrogens with two attached hydrogens (primary N) is 7. The summed E-state index contributed by atoms with van der Waals surface area (Å²) >= 11 is 0.855. The highest BCUT2D eigenvalue weighted by Gasteiger charge is 2.43. The molecule has 7 aromatic rings. The van der Waals surface area contributed by atoms with Gasteiger partial charge in [-0.15, -0.1) is 0 Å². The number of ether oxygens (including phenoxy) is 1. The fraction of sp³-hybridized carbons (Fsp3) is 0.418. The highest BCUT2D eigenvalue weighted by atomic mass is 32.2. The lowest BCUT2D eigenvalue weighted by atomic mass is 9.91. The van der Waals surface area contributed by atoms with Crippen LogP contribution in [-0.4, -0.2) is 243 Å². The molecule has 0 spiro atoms. The van der Waals surface area contributed by atoms with Gasteiger partial charge in [-0.25, -0.2) is 0 Å². The molecule has 14 atom stereocenters. The lowest BCUT2D eigenvalue weighted by Gasteiger charge is -2.34. The number of unbranched alkanes of at least 4 members (excludes halogenated alkanes) is 1. The Bertz CT molecular complexity index is 5490. The molecule has 1 aliphatic heterocycles. The van der Waals surface area contributed by atoms with Gasteiger partial charge >= 0.3 is 5.97 Å². The second-order valence-electron chi connectivity index (χ2n) is 33.0. The van der Waals surface area contributed by atoms with Gasteiger partial charge in [0.15, 0.2) is 0 Å². The van der Waals surface area contributed by atoms with Crippen molar-refractivity contribution in [3.05, 3.63) is 162 Å². The molecule has 1 saturated heterocycles. The molecule has 1 aliphatic rings. The van der Waals surface area contributed by atoms with Gasteiger partial charge in [0.25, 0.3) is 0 Å². The number of aliphatic hydroxyl groups excluding tert-OH is 1. The maximum Gasteiger partial charge on any atom is 0.303 e.